The van der Waals surface area contributed by atoms with Gasteiger partial charge in [-0.3, -0.25) is 4.79 Å². The SMILES string of the molecule is COc1cc2sc(C(=O)N3CCOCC3)cc2cc1Br. The lowest BCUT2D eigenvalue weighted by Crippen LogP contribution is -2.40. The lowest BCUT2D eigenvalue weighted by molar-refractivity contribution is 0.0306. The average molecular weight is 356 g/mol. The molecule has 1 saturated heterocycles. The number of hydrogen-bond donors (Lipinski definition) is 0. The summed E-state index contributed by atoms with van der Waals surface area (Å²) in [7, 11) is 1.64. The van der Waals surface area contributed by atoms with Crippen LogP contribution in [0.25, 0.3) is 10.1 Å². The molecule has 1 aliphatic rings. The van der Waals surface area contributed by atoms with Crippen molar-refractivity contribution >= 4 is 43.3 Å². The van der Waals surface area contributed by atoms with E-state index in [4.69, 9.17) is 9.47 Å². The number of ether oxygens (including phenoxy) is 2. The first-order valence-corrected chi connectivity index (χ1v) is 7.94. The van der Waals surface area contributed by atoms with Crippen LogP contribution in [0.2, 0.25) is 0 Å². The number of thiophene rings is 1. The first-order valence-electron chi connectivity index (χ1n) is 6.33. The van der Waals surface area contributed by atoms with Gasteiger partial charge in [-0.25, -0.2) is 0 Å². The van der Waals surface area contributed by atoms with Crippen LogP contribution in [0.15, 0.2) is 22.7 Å². The molecule has 0 unspecified atom stereocenters. The Morgan fingerprint density at radius 2 is 2.10 bits per heavy atom. The van der Waals surface area contributed by atoms with Gasteiger partial charge in [-0.15, -0.1) is 11.3 Å². The molecule has 2 aromatic rings. The van der Waals surface area contributed by atoms with Gasteiger partial charge in [-0.05, 0) is 39.5 Å². The molecule has 6 heteroatoms. The highest BCUT2D eigenvalue weighted by Gasteiger charge is 2.20. The van der Waals surface area contributed by atoms with Gasteiger partial charge in [0.25, 0.3) is 5.91 Å². The van der Waals surface area contributed by atoms with Gasteiger partial charge >= 0.3 is 0 Å². The van der Waals surface area contributed by atoms with E-state index in [0.29, 0.717) is 26.3 Å². The summed E-state index contributed by atoms with van der Waals surface area (Å²) >= 11 is 4.97. The van der Waals surface area contributed by atoms with E-state index in [1.54, 1.807) is 7.11 Å². The molecule has 0 saturated carbocycles. The molecule has 1 aromatic carbocycles. The minimum Gasteiger partial charge on any atom is -0.496 e. The number of carbonyl (C=O) groups is 1. The molecule has 20 heavy (non-hydrogen) atoms. The predicted molar refractivity (Wildman–Crippen MR) is 82.8 cm³/mol. The molecule has 0 radical (unpaired) electrons. The van der Waals surface area contributed by atoms with Crippen molar-refractivity contribution in [2.24, 2.45) is 0 Å². The second kappa shape index (κ2) is 5.71. The number of benzene rings is 1. The Bertz CT molecular complexity index is 649. The third-order valence-corrected chi connectivity index (χ3v) is 5.01. The average Bonchev–Trinajstić information content (AvgIpc) is 2.89. The molecule has 0 atom stereocenters. The Hall–Kier alpha value is -1.11. The molecule has 0 N–H and O–H groups in total. The van der Waals surface area contributed by atoms with Crippen molar-refractivity contribution in [1.29, 1.82) is 0 Å². The van der Waals surface area contributed by atoms with Crippen molar-refractivity contribution in [3.05, 3.63) is 27.5 Å². The van der Waals surface area contributed by atoms with Gasteiger partial charge in [-0.2, -0.15) is 0 Å². The number of halogens is 1. The minimum atomic E-state index is 0.0876. The third kappa shape index (κ3) is 2.55. The van der Waals surface area contributed by atoms with Gasteiger partial charge in [0.05, 0.1) is 29.7 Å². The van der Waals surface area contributed by atoms with Crippen LogP contribution in [-0.2, 0) is 4.74 Å². The predicted octanol–water partition coefficient (Wildman–Crippen LogP) is 3.14. The molecular weight excluding hydrogens is 342 g/mol. The van der Waals surface area contributed by atoms with Crippen LogP contribution < -0.4 is 4.74 Å². The number of nitrogens with zero attached hydrogens (tertiary/aromatic N) is 1. The number of hydrogen-bond acceptors (Lipinski definition) is 4. The van der Waals surface area contributed by atoms with Gasteiger partial charge in [0.1, 0.15) is 5.75 Å². The number of fused-ring (bicyclic) bond motifs is 1. The van der Waals surface area contributed by atoms with Crippen molar-refractivity contribution in [2.45, 2.75) is 0 Å². The van der Waals surface area contributed by atoms with E-state index in [1.165, 1.54) is 11.3 Å². The van der Waals surface area contributed by atoms with Gasteiger partial charge in [0.15, 0.2) is 0 Å². The monoisotopic (exact) mass is 355 g/mol. The second-order valence-corrected chi connectivity index (χ2v) is 6.48. The maximum absolute atomic E-state index is 12.4. The van der Waals surface area contributed by atoms with E-state index in [-0.39, 0.29) is 5.91 Å². The Labute approximate surface area is 129 Å². The van der Waals surface area contributed by atoms with Crippen molar-refractivity contribution in [3.8, 4) is 5.75 Å². The largest absolute Gasteiger partial charge is 0.496 e. The van der Waals surface area contributed by atoms with Crippen molar-refractivity contribution in [1.82, 2.24) is 4.90 Å². The molecule has 106 valence electrons. The minimum absolute atomic E-state index is 0.0876. The first-order chi connectivity index (χ1) is 9.69. The summed E-state index contributed by atoms with van der Waals surface area (Å²) in [6, 6.07) is 5.89. The summed E-state index contributed by atoms with van der Waals surface area (Å²) in [4.78, 5) is 15.1. The zero-order chi connectivity index (χ0) is 14.1. The lowest BCUT2D eigenvalue weighted by Gasteiger charge is -2.26. The van der Waals surface area contributed by atoms with Gasteiger partial charge < -0.3 is 14.4 Å². The Kier molecular flexibility index (Phi) is 3.96. The maximum Gasteiger partial charge on any atom is 0.264 e. The molecule has 1 aromatic heterocycles. The van der Waals surface area contributed by atoms with Gasteiger partial charge in [0, 0.05) is 17.8 Å². The highest BCUT2D eigenvalue weighted by Crippen LogP contribution is 2.35. The fraction of sp³-hybridized carbons (Fsp3) is 0.357. The number of carbonyl (C=O) groups excluding carboxylic acids is 1. The number of methoxy groups -OCH3 is 1. The number of amides is 1. The fourth-order valence-electron chi connectivity index (χ4n) is 2.22. The summed E-state index contributed by atoms with van der Waals surface area (Å²) in [6.07, 6.45) is 0. The maximum atomic E-state index is 12.4. The van der Waals surface area contributed by atoms with Crippen LogP contribution in [0.3, 0.4) is 0 Å². The van der Waals surface area contributed by atoms with Crippen molar-refractivity contribution < 1.29 is 14.3 Å². The second-order valence-electron chi connectivity index (χ2n) is 4.54. The van der Waals surface area contributed by atoms with Crippen LogP contribution in [0, 0.1) is 0 Å². The highest BCUT2D eigenvalue weighted by molar-refractivity contribution is 9.10. The summed E-state index contributed by atoms with van der Waals surface area (Å²) < 4.78 is 12.5. The Morgan fingerprint density at radius 1 is 1.35 bits per heavy atom. The quantitative estimate of drug-likeness (QED) is 0.830. The van der Waals surface area contributed by atoms with E-state index in [9.17, 15) is 4.79 Å². The molecule has 1 amide bonds. The smallest absolute Gasteiger partial charge is 0.264 e. The summed E-state index contributed by atoms with van der Waals surface area (Å²) in [5, 5.41) is 1.05. The molecule has 4 nitrogen and oxygen atoms in total. The molecule has 0 aliphatic carbocycles. The highest BCUT2D eigenvalue weighted by atomic mass is 79.9. The summed E-state index contributed by atoms with van der Waals surface area (Å²) in [5.74, 6) is 0.870. The Morgan fingerprint density at radius 3 is 2.80 bits per heavy atom. The molecule has 0 spiro atoms. The molecule has 2 heterocycles. The fourth-order valence-corrected chi connectivity index (χ4v) is 3.79. The summed E-state index contributed by atoms with van der Waals surface area (Å²) in [5.41, 5.74) is 0. The number of rotatable bonds is 2. The third-order valence-electron chi connectivity index (χ3n) is 3.30. The molecule has 1 aliphatic heterocycles. The van der Waals surface area contributed by atoms with E-state index in [2.05, 4.69) is 15.9 Å². The van der Waals surface area contributed by atoms with Crippen molar-refractivity contribution in [2.75, 3.05) is 33.4 Å². The molecule has 1 fully saturated rings. The topological polar surface area (TPSA) is 38.8 Å². The van der Waals surface area contributed by atoms with Crippen molar-refractivity contribution in [3.63, 3.8) is 0 Å². The van der Waals surface area contributed by atoms with Crippen LogP contribution >= 0.6 is 27.3 Å². The lowest BCUT2D eigenvalue weighted by atomic mass is 10.2. The molecule has 0 bridgehead atoms. The summed E-state index contributed by atoms with van der Waals surface area (Å²) in [6.45, 7) is 2.58. The number of morpholine rings is 1. The standard InChI is InChI=1S/C14H14BrNO3S/c1-18-11-8-12-9(6-10(11)15)7-13(20-12)14(17)16-2-4-19-5-3-16/h6-8H,2-5H2,1H3. The van der Waals surface area contributed by atoms with E-state index < -0.39 is 0 Å². The zero-order valence-electron chi connectivity index (χ0n) is 11.0. The van der Waals surface area contributed by atoms with Crippen LogP contribution in [-0.4, -0.2) is 44.2 Å². The van der Waals surface area contributed by atoms with Gasteiger partial charge in [-0.1, -0.05) is 0 Å². The Balaban J connectivity index is 1.94. The van der Waals surface area contributed by atoms with E-state index >= 15 is 0 Å². The molecular formula is C14H14BrNO3S. The van der Waals surface area contributed by atoms with E-state index in [1.807, 2.05) is 23.1 Å². The first kappa shape index (κ1) is 13.9. The normalized spacial score (nSPS) is 15.6. The van der Waals surface area contributed by atoms with Crippen LogP contribution in [0.1, 0.15) is 9.67 Å². The van der Waals surface area contributed by atoms with Crippen LogP contribution in [0.4, 0.5) is 0 Å². The van der Waals surface area contributed by atoms with E-state index in [0.717, 1.165) is 25.2 Å². The van der Waals surface area contributed by atoms with Crippen LogP contribution in [0.5, 0.6) is 5.75 Å². The molecule has 3 rings (SSSR count). The van der Waals surface area contributed by atoms with Gasteiger partial charge in [0.2, 0.25) is 0 Å². The zero-order valence-corrected chi connectivity index (χ0v) is 13.4.